The predicted molar refractivity (Wildman–Crippen MR) is 42.7 cm³/mol. The van der Waals surface area contributed by atoms with Gasteiger partial charge in [-0.25, -0.2) is 4.79 Å². The normalized spacial score (nSPS) is 17.8. The molecule has 0 atom stereocenters. The van der Waals surface area contributed by atoms with Crippen molar-refractivity contribution >= 4 is 11.9 Å². The van der Waals surface area contributed by atoms with Gasteiger partial charge in [-0.05, 0) is 18.9 Å². The molecule has 1 fully saturated rings. The minimum absolute atomic E-state index is 0.145. The number of hydrogen-bond donors (Lipinski definition) is 1. The average Bonchev–Trinajstić information content (AvgIpc) is 2.84. The molecule has 1 rings (SSSR count). The fourth-order valence-electron chi connectivity index (χ4n) is 1.000. The maximum Gasteiger partial charge on any atom is 0.407 e. The molecule has 0 heterocycles. The van der Waals surface area contributed by atoms with Gasteiger partial charge in [0.2, 0.25) is 0 Å². The van der Waals surface area contributed by atoms with Crippen molar-refractivity contribution in [3.63, 3.8) is 0 Å². The van der Waals surface area contributed by atoms with Gasteiger partial charge in [0.05, 0.1) is 7.11 Å². The first-order valence-corrected chi connectivity index (χ1v) is 3.67. The van der Waals surface area contributed by atoms with Gasteiger partial charge in [-0.2, -0.15) is 0 Å². The summed E-state index contributed by atoms with van der Waals surface area (Å²) in [4.78, 5) is 21.9. The van der Waals surface area contributed by atoms with E-state index in [1.807, 2.05) is 0 Å². The minimum atomic E-state index is -0.700. The van der Waals surface area contributed by atoms with Crippen LogP contribution in [0.1, 0.15) is 12.8 Å². The number of alkyl carbamates (subject to hydrolysis) is 1. The molecule has 1 aliphatic rings. The molecular formula is C8H11NO3. The smallest absolute Gasteiger partial charge is 0.407 e. The van der Waals surface area contributed by atoms with E-state index in [4.69, 9.17) is 0 Å². The van der Waals surface area contributed by atoms with Crippen LogP contribution in [-0.2, 0) is 9.53 Å². The number of carbonyl (C=O) groups excluding carboxylic acids is 2. The molecule has 0 aromatic heterocycles. The summed E-state index contributed by atoms with van der Waals surface area (Å²) >= 11 is 0. The highest BCUT2D eigenvalue weighted by Gasteiger charge is 2.49. The van der Waals surface area contributed by atoms with Crippen LogP contribution in [0.5, 0.6) is 0 Å². The molecule has 0 aliphatic heterocycles. The summed E-state index contributed by atoms with van der Waals surface area (Å²) < 4.78 is 4.38. The van der Waals surface area contributed by atoms with Crippen LogP contribution in [0.4, 0.5) is 4.79 Å². The van der Waals surface area contributed by atoms with Gasteiger partial charge in [0.25, 0.3) is 0 Å². The van der Waals surface area contributed by atoms with Gasteiger partial charge in [0.1, 0.15) is 5.54 Å². The van der Waals surface area contributed by atoms with Gasteiger partial charge in [-0.3, -0.25) is 4.79 Å². The molecule has 1 amide bonds. The number of rotatable bonds is 3. The number of nitrogens with one attached hydrogen (secondary N) is 1. The van der Waals surface area contributed by atoms with Crippen molar-refractivity contribution in [3.8, 4) is 0 Å². The van der Waals surface area contributed by atoms with Gasteiger partial charge in [0.15, 0.2) is 5.78 Å². The zero-order chi connectivity index (χ0) is 9.19. The lowest BCUT2D eigenvalue weighted by Gasteiger charge is -2.12. The number of amides is 1. The molecule has 0 saturated heterocycles. The lowest BCUT2D eigenvalue weighted by molar-refractivity contribution is -0.117. The van der Waals surface area contributed by atoms with Crippen LogP contribution in [0.15, 0.2) is 12.7 Å². The molecule has 1 N–H and O–H groups in total. The van der Waals surface area contributed by atoms with E-state index in [1.54, 1.807) is 0 Å². The molecule has 0 aromatic carbocycles. The standard InChI is InChI=1S/C8H11NO3/c1-3-6(10)8(4-5-8)9-7(11)12-2/h3H,1,4-5H2,2H3,(H,9,11). The second kappa shape index (κ2) is 2.97. The summed E-state index contributed by atoms with van der Waals surface area (Å²) in [5.74, 6) is -0.145. The Bertz CT molecular complexity index is 230. The molecule has 4 nitrogen and oxygen atoms in total. The van der Waals surface area contributed by atoms with Crippen molar-refractivity contribution in [2.45, 2.75) is 18.4 Å². The van der Waals surface area contributed by atoms with Gasteiger partial charge in [0, 0.05) is 0 Å². The molecular weight excluding hydrogens is 158 g/mol. The molecule has 0 aromatic rings. The lowest BCUT2D eigenvalue weighted by atomic mass is 10.1. The fraction of sp³-hybridized carbons (Fsp3) is 0.500. The number of hydrogen-bond acceptors (Lipinski definition) is 3. The van der Waals surface area contributed by atoms with E-state index in [1.165, 1.54) is 13.2 Å². The maximum atomic E-state index is 11.2. The van der Waals surface area contributed by atoms with Crippen LogP contribution in [0.25, 0.3) is 0 Å². The first-order valence-electron chi connectivity index (χ1n) is 3.67. The maximum absolute atomic E-state index is 11.2. The summed E-state index contributed by atoms with van der Waals surface area (Å²) in [6.45, 7) is 3.36. The molecule has 12 heavy (non-hydrogen) atoms. The van der Waals surface area contributed by atoms with Gasteiger partial charge in [-0.1, -0.05) is 6.58 Å². The lowest BCUT2D eigenvalue weighted by Crippen LogP contribution is -2.42. The zero-order valence-electron chi connectivity index (χ0n) is 6.92. The van der Waals surface area contributed by atoms with Gasteiger partial charge >= 0.3 is 6.09 Å². The average molecular weight is 169 g/mol. The first-order chi connectivity index (χ1) is 5.64. The summed E-state index contributed by atoms with van der Waals surface area (Å²) in [5.41, 5.74) is -0.700. The van der Waals surface area contributed by atoms with E-state index < -0.39 is 11.6 Å². The Morgan fingerprint density at radius 2 is 2.17 bits per heavy atom. The fourth-order valence-corrected chi connectivity index (χ4v) is 1.000. The van der Waals surface area contributed by atoms with E-state index in [-0.39, 0.29) is 5.78 Å². The van der Waals surface area contributed by atoms with Crippen LogP contribution < -0.4 is 5.32 Å². The van der Waals surface area contributed by atoms with E-state index in [0.717, 1.165) is 0 Å². The third-order valence-corrected chi connectivity index (χ3v) is 1.93. The molecule has 0 spiro atoms. The zero-order valence-corrected chi connectivity index (χ0v) is 6.92. The van der Waals surface area contributed by atoms with Gasteiger partial charge in [-0.15, -0.1) is 0 Å². The Morgan fingerprint density at radius 1 is 1.58 bits per heavy atom. The molecule has 0 bridgehead atoms. The topological polar surface area (TPSA) is 55.4 Å². The Labute approximate surface area is 70.6 Å². The van der Waals surface area contributed by atoms with Crippen molar-refractivity contribution in [2.75, 3.05) is 7.11 Å². The van der Waals surface area contributed by atoms with Crippen LogP contribution in [0.3, 0.4) is 0 Å². The van der Waals surface area contributed by atoms with Crippen LogP contribution in [0.2, 0.25) is 0 Å². The molecule has 1 aliphatic carbocycles. The predicted octanol–water partition coefficient (Wildman–Crippen LogP) is 0.630. The second-order valence-corrected chi connectivity index (χ2v) is 2.77. The van der Waals surface area contributed by atoms with Crippen molar-refractivity contribution in [1.29, 1.82) is 0 Å². The van der Waals surface area contributed by atoms with Crippen LogP contribution in [-0.4, -0.2) is 24.5 Å². The molecule has 1 saturated carbocycles. The van der Waals surface area contributed by atoms with E-state index in [9.17, 15) is 9.59 Å². The Hall–Kier alpha value is -1.32. The third-order valence-electron chi connectivity index (χ3n) is 1.93. The Morgan fingerprint density at radius 3 is 2.50 bits per heavy atom. The highest BCUT2D eigenvalue weighted by Crippen LogP contribution is 2.36. The largest absolute Gasteiger partial charge is 0.453 e. The third kappa shape index (κ3) is 1.47. The first kappa shape index (κ1) is 8.77. The van der Waals surface area contributed by atoms with Crippen molar-refractivity contribution in [3.05, 3.63) is 12.7 Å². The monoisotopic (exact) mass is 169 g/mol. The van der Waals surface area contributed by atoms with Crippen molar-refractivity contribution in [2.24, 2.45) is 0 Å². The van der Waals surface area contributed by atoms with E-state index in [0.29, 0.717) is 12.8 Å². The highest BCUT2D eigenvalue weighted by molar-refractivity contribution is 6.01. The molecule has 66 valence electrons. The second-order valence-electron chi connectivity index (χ2n) is 2.77. The summed E-state index contributed by atoms with van der Waals surface area (Å²) in [7, 11) is 1.27. The Kier molecular flexibility index (Phi) is 2.17. The summed E-state index contributed by atoms with van der Waals surface area (Å²) in [6, 6.07) is 0. The summed E-state index contributed by atoms with van der Waals surface area (Å²) in [6.07, 6.45) is 2.01. The van der Waals surface area contributed by atoms with E-state index >= 15 is 0 Å². The van der Waals surface area contributed by atoms with Crippen LogP contribution in [0, 0.1) is 0 Å². The molecule has 0 unspecified atom stereocenters. The SMILES string of the molecule is C=CC(=O)C1(NC(=O)OC)CC1. The highest BCUT2D eigenvalue weighted by atomic mass is 16.5. The van der Waals surface area contributed by atoms with Crippen LogP contribution >= 0.6 is 0 Å². The van der Waals surface area contributed by atoms with Crippen molar-refractivity contribution in [1.82, 2.24) is 5.32 Å². The quantitative estimate of drug-likeness (QED) is 0.630. The number of ether oxygens (including phenoxy) is 1. The Balaban J connectivity index is 2.55. The molecule has 4 heteroatoms. The summed E-state index contributed by atoms with van der Waals surface area (Å²) in [5, 5.41) is 2.49. The molecule has 0 radical (unpaired) electrons. The number of carbonyl (C=O) groups is 2. The number of methoxy groups -OCH3 is 1. The minimum Gasteiger partial charge on any atom is -0.453 e. The van der Waals surface area contributed by atoms with Gasteiger partial charge < -0.3 is 10.1 Å². The van der Waals surface area contributed by atoms with Crippen molar-refractivity contribution < 1.29 is 14.3 Å². The van der Waals surface area contributed by atoms with E-state index in [2.05, 4.69) is 16.6 Å². The number of ketones is 1.